The Morgan fingerprint density at radius 2 is 2.00 bits per heavy atom. The second-order valence-electron chi connectivity index (χ2n) is 3.54. The van der Waals surface area contributed by atoms with Crippen LogP contribution in [0.1, 0.15) is 34.1 Å². The summed E-state index contributed by atoms with van der Waals surface area (Å²) in [7, 11) is 0. The zero-order valence-corrected chi connectivity index (χ0v) is 9.99. The van der Waals surface area contributed by atoms with Crippen LogP contribution in [0.25, 0.3) is 0 Å². The number of rotatable bonds is 5. The van der Waals surface area contributed by atoms with E-state index in [-0.39, 0.29) is 5.24 Å². The number of nitrogens with zero attached hydrogens (tertiary/aromatic N) is 1. The molecular weight excluding hydrogens is 182 g/mol. The molecule has 3 heteroatoms. The maximum Gasteiger partial charge on any atom is 0.281 e. The number of carbonyl (C=O) groups is 1. The average molecular weight is 203 g/mol. The second kappa shape index (κ2) is 7.25. The van der Waals surface area contributed by atoms with Gasteiger partial charge in [-0.05, 0) is 18.1 Å². The third-order valence-corrected chi connectivity index (χ3v) is 2.40. The molecule has 0 N–H and O–H groups in total. The first kappa shape index (κ1) is 12.8. The van der Waals surface area contributed by atoms with E-state index in [4.69, 9.17) is 0 Å². The molecule has 0 aliphatic rings. The smallest absolute Gasteiger partial charge is 0.281 e. The van der Waals surface area contributed by atoms with Crippen molar-refractivity contribution < 1.29 is 4.79 Å². The van der Waals surface area contributed by atoms with Crippen molar-refractivity contribution >= 4 is 17.0 Å². The SMILES string of the molecule is CCCN(CC(C)C)C(=O)SCC. The van der Waals surface area contributed by atoms with E-state index in [1.54, 1.807) is 0 Å². The van der Waals surface area contributed by atoms with Crippen LogP contribution in [0, 0.1) is 5.92 Å². The topological polar surface area (TPSA) is 20.3 Å². The Hall–Kier alpha value is -0.180. The van der Waals surface area contributed by atoms with Crippen LogP contribution in [0.4, 0.5) is 4.79 Å². The summed E-state index contributed by atoms with van der Waals surface area (Å²) in [5.74, 6) is 1.44. The number of thioether (sulfide) groups is 1. The summed E-state index contributed by atoms with van der Waals surface area (Å²) in [6.07, 6.45) is 1.04. The van der Waals surface area contributed by atoms with Crippen LogP contribution in [-0.2, 0) is 0 Å². The van der Waals surface area contributed by atoms with Gasteiger partial charge in [-0.25, -0.2) is 0 Å². The average Bonchev–Trinajstić information content (AvgIpc) is 2.03. The lowest BCUT2D eigenvalue weighted by atomic mass is 10.2. The number of hydrogen-bond donors (Lipinski definition) is 0. The molecule has 1 amide bonds. The Bertz CT molecular complexity index is 148. The number of amides is 1. The van der Waals surface area contributed by atoms with Crippen LogP contribution in [0.5, 0.6) is 0 Å². The highest BCUT2D eigenvalue weighted by atomic mass is 32.2. The summed E-state index contributed by atoms with van der Waals surface area (Å²) in [5, 5.41) is 0.234. The van der Waals surface area contributed by atoms with Gasteiger partial charge in [0, 0.05) is 13.1 Å². The quantitative estimate of drug-likeness (QED) is 0.683. The molecule has 78 valence electrons. The Labute approximate surface area is 86.1 Å². The van der Waals surface area contributed by atoms with Gasteiger partial charge in [0.2, 0.25) is 0 Å². The second-order valence-corrected chi connectivity index (χ2v) is 4.75. The van der Waals surface area contributed by atoms with Crippen molar-refractivity contribution in [2.24, 2.45) is 5.92 Å². The maximum atomic E-state index is 11.6. The molecule has 0 bridgehead atoms. The van der Waals surface area contributed by atoms with E-state index in [0.29, 0.717) is 5.92 Å². The zero-order valence-electron chi connectivity index (χ0n) is 9.17. The lowest BCUT2D eigenvalue weighted by Crippen LogP contribution is -2.32. The van der Waals surface area contributed by atoms with Crippen molar-refractivity contribution in [1.82, 2.24) is 4.90 Å². The van der Waals surface area contributed by atoms with Crippen LogP contribution in [-0.4, -0.2) is 29.0 Å². The molecule has 0 aliphatic heterocycles. The number of hydrogen-bond acceptors (Lipinski definition) is 2. The molecule has 0 aromatic rings. The van der Waals surface area contributed by atoms with Crippen molar-refractivity contribution in [1.29, 1.82) is 0 Å². The first-order chi connectivity index (χ1) is 6.11. The molecule has 0 aromatic heterocycles. The molecule has 0 aromatic carbocycles. The standard InChI is InChI=1S/C10H21NOS/c1-5-7-11(8-9(3)4)10(12)13-6-2/h9H,5-8H2,1-4H3. The van der Waals surface area contributed by atoms with Crippen LogP contribution >= 0.6 is 11.8 Å². The predicted octanol–water partition coefficient (Wildman–Crippen LogP) is 3.23. The molecule has 0 rings (SSSR count). The van der Waals surface area contributed by atoms with Gasteiger partial charge in [0.1, 0.15) is 0 Å². The first-order valence-corrected chi connectivity index (χ1v) is 6.02. The van der Waals surface area contributed by atoms with Gasteiger partial charge in [-0.3, -0.25) is 4.79 Å². The molecule has 0 spiro atoms. The molecule has 0 unspecified atom stereocenters. The molecule has 0 atom stereocenters. The Morgan fingerprint density at radius 1 is 1.38 bits per heavy atom. The lowest BCUT2D eigenvalue weighted by Gasteiger charge is -2.23. The van der Waals surface area contributed by atoms with Crippen molar-refractivity contribution in [3.8, 4) is 0 Å². The van der Waals surface area contributed by atoms with E-state index >= 15 is 0 Å². The summed E-state index contributed by atoms with van der Waals surface area (Å²) in [5.41, 5.74) is 0. The molecule has 0 aliphatic carbocycles. The molecule has 0 saturated heterocycles. The fourth-order valence-electron chi connectivity index (χ4n) is 1.18. The summed E-state index contributed by atoms with van der Waals surface area (Å²) >= 11 is 1.41. The Kier molecular flexibility index (Phi) is 7.14. The normalized spacial score (nSPS) is 10.5. The van der Waals surface area contributed by atoms with Gasteiger partial charge in [-0.15, -0.1) is 0 Å². The molecular formula is C10H21NOS. The van der Waals surface area contributed by atoms with E-state index in [2.05, 4.69) is 20.8 Å². The molecule has 2 nitrogen and oxygen atoms in total. The van der Waals surface area contributed by atoms with Crippen LogP contribution in [0.3, 0.4) is 0 Å². The first-order valence-electron chi connectivity index (χ1n) is 5.03. The van der Waals surface area contributed by atoms with Crippen molar-refractivity contribution in [3.05, 3.63) is 0 Å². The van der Waals surface area contributed by atoms with Gasteiger partial charge in [0.15, 0.2) is 0 Å². The third kappa shape index (κ3) is 5.97. The minimum Gasteiger partial charge on any atom is -0.333 e. The van der Waals surface area contributed by atoms with Crippen LogP contribution < -0.4 is 0 Å². The molecule has 0 saturated carbocycles. The minimum absolute atomic E-state index is 0.234. The van der Waals surface area contributed by atoms with Gasteiger partial charge in [0.25, 0.3) is 5.24 Å². The lowest BCUT2D eigenvalue weighted by molar-refractivity contribution is 0.216. The molecule has 0 radical (unpaired) electrons. The largest absolute Gasteiger partial charge is 0.333 e. The summed E-state index contributed by atoms with van der Waals surface area (Å²) in [6.45, 7) is 10.2. The van der Waals surface area contributed by atoms with Gasteiger partial charge >= 0.3 is 0 Å². The van der Waals surface area contributed by atoms with Gasteiger partial charge in [0.05, 0.1) is 0 Å². The van der Waals surface area contributed by atoms with Gasteiger partial charge in [-0.2, -0.15) is 0 Å². The third-order valence-electron chi connectivity index (χ3n) is 1.61. The highest BCUT2D eigenvalue weighted by molar-refractivity contribution is 8.13. The minimum atomic E-state index is 0.234. The maximum absolute atomic E-state index is 11.6. The summed E-state index contributed by atoms with van der Waals surface area (Å²) in [6, 6.07) is 0. The molecule has 0 fully saturated rings. The van der Waals surface area contributed by atoms with Crippen molar-refractivity contribution in [3.63, 3.8) is 0 Å². The van der Waals surface area contributed by atoms with Crippen LogP contribution in [0.2, 0.25) is 0 Å². The van der Waals surface area contributed by atoms with Gasteiger partial charge < -0.3 is 4.90 Å². The van der Waals surface area contributed by atoms with Gasteiger partial charge in [-0.1, -0.05) is 39.5 Å². The highest BCUT2D eigenvalue weighted by Crippen LogP contribution is 2.10. The highest BCUT2D eigenvalue weighted by Gasteiger charge is 2.12. The van der Waals surface area contributed by atoms with E-state index in [1.165, 1.54) is 11.8 Å². The predicted molar refractivity (Wildman–Crippen MR) is 60.2 cm³/mol. The fraction of sp³-hybridized carbons (Fsp3) is 0.900. The summed E-state index contributed by atoms with van der Waals surface area (Å²) in [4.78, 5) is 13.5. The van der Waals surface area contributed by atoms with E-state index in [0.717, 1.165) is 25.3 Å². The zero-order chi connectivity index (χ0) is 10.3. The Balaban J connectivity index is 3.98. The van der Waals surface area contributed by atoms with Crippen molar-refractivity contribution in [2.45, 2.75) is 34.1 Å². The summed E-state index contributed by atoms with van der Waals surface area (Å²) < 4.78 is 0. The van der Waals surface area contributed by atoms with Crippen molar-refractivity contribution in [2.75, 3.05) is 18.8 Å². The monoisotopic (exact) mass is 203 g/mol. The van der Waals surface area contributed by atoms with Crippen LogP contribution in [0.15, 0.2) is 0 Å². The van der Waals surface area contributed by atoms with E-state index in [1.807, 2.05) is 11.8 Å². The van der Waals surface area contributed by atoms with E-state index in [9.17, 15) is 4.79 Å². The fourth-order valence-corrected chi connectivity index (χ4v) is 1.78. The van der Waals surface area contributed by atoms with E-state index < -0.39 is 0 Å². The number of carbonyl (C=O) groups excluding carboxylic acids is 1. The molecule has 13 heavy (non-hydrogen) atoms. The Morgan fingerprint density at radius 3 is 2.38 bits per heavy atom. The molecule has 0 heterocycles.